The average molecular weight is 340 g/mol. The third kappa shape index (κ3) is 3.01. The minimum atomic E-state index is 0.0560. The lowest BCUT2D eigenvalue weighted by Crippen LogP contribution is -2.35. The number of carbonyl (C=O) groups is 1. The fourth-order valence-electron chi connectivity index (χ4n) is 4.24. The van der Waals surface area contributed by atoms with Crippen LogP contribution in [-0.2, 0) is 0 Å². The van der Waals surface area contributed by atoms with E-state index < -0.39 is 0 Å². The molecule has 24 heavy (non-hydrogen) atoms. The summed E-state index contributed by atoms with van der Waals surface area (Å²) in [4.78, 5) is 15.2. The number of carbonyl (C=O) groups excluding carboxylic acids is 1. The van der Waals surface area contributed by atoms with Crippen molar-refractivity contribution in [3.8, 4) is 0 Å². The van der Waals surface area contributed by atoms with E-state index >= 15 is 0 Å². The topological polar surface area (TPSA) is 20.3 Å². The van der Waals surface area contributed by atoms with Gasteiger partial charge in [0.2, 0.25) is 0 Å². The van der Waals surface area contributed by atoms with Crippen molar-refractivity contribution >= 4 is 17.4 Å². The first-order valence-corrected chi connectivity index (χ1v) is 9.26. The van der Waals surface area contributed by atoms with Gasteiger partial charge in [0.1, 0.15) is 0 Å². The van der Waals surface area contributed by atoms with Crippen molar-refractivity contribution in [2.75, 3.05) is 6.54 Å². The normalized spacial score (nSPS) is 23.9. The summed E-state index contributed by atoms with van der Waals surface area (Å²) in [5.74, 6) is 0.0560. The highest BCUT2D eigenvalue weighted by molar-refractivity contribution is 6.30. The highest BCUT2D eigenvalue weighted by Crippen LogP contribution is 2.40. The maximum atomic E-state index is 12.6. The molecular weight excluding hydrogens is 318 g/mol. The Morgan fingerprint density at radius 2 is 1.54 bits per heavy atom. The molecule has 0 unspecified atom stereocenters. The van der Waals surface area contributed by atoms with Gasteiger partial charge in [0.15, 0.2) is 5.78 Å². The van der Waals surface area contributed by atoms with Crippen molar-refractivity contribution in [1.29, 1.82) is 0 Å². The highest BCUT2D eigenvalue weighted by Gasteiger charge is 2.35. The second-order valence-electron chi connectivity index (χ2n) is 6.94. The fraction of sp³-hybridized carbons (Fsp3) is 0.381. The molecule has 0 N–H and O–H groups in total. The molecule has 0 bridgehead atoms. The van der Waals surface area contributed by atoms with Crippen LogP contribution in [0.2, 0.25) is 5.02 Å². The predicted molar refractivity (Wildman–Crippen MR) is 97.6 cm³/mol. The number of benzene rings is 2. The van der Waals surface area contributed by atoms with Gasteiger partial charge in [-0.2, -0.15) is 0 Å². The average Bonchev–Trinajstić information content (AvgIpc) is 3.06. The number of hydrogen-bond donors (Lipinski definition) is 0. The Bertz CT molecular complexity index is 723. The van der Waals surface area contributed by atoms with Gasteiger partial charge in [-0.3, -0.25) is 9.69 Å². The number of rotatable bonds is 3. The van der Waals surface area contributed by atoms with Crippen LogP contribution in [0.3, 0.4) is 0 Å². The molecule has 2 heterocycles. The third-order valence-electron chi connectivity index (χ3n) is 5.51. The maximum absolute atomic E-state index is 12.6. The minimum absolute atomic E-state index is 0.0560. The molecule has 0 spiro atoms. The summed E-state index contributed by atoms with van der Waals surface area (Å²) >= 11 is 5.90. The van der Waals surface area contributed by atoms with Gasteiger partial charge in [-0.05, 0) is 62.1 Å². The number of fused-ring (bicyclic) bond motifs is 1. The molecule has 4 rings (SSSR count). The maximum Gasteiger partial charge on any atom is 0.193 e. The summed E-state index contributed by atoms with van der Waals surface area (Å²) in [6.07, 6.45) is 6.61. The molecule has 2 fully saturated rings. The van der Waals surface area contributed by atoms with Crippen molar-refractivity contribution in [1.82, 2.24) is 4.90 Å². The molecule has 2 atom stereocenters. The van der Waals surface area contributed by atoms with Crippen molar-refractivity contribution < 1.29 is 4.79 Å². The Morgan fingerprint density at radius 1 is 0.875 bits per heavy atom. The molecule has 0 saturated carbocycles. The number of ketones is 1. The molecular formula is C21H22ClNO. The van der Waals surface area contributed by atoms with Crippen LogP contribution in [0, 0.1) is 0 Å². The molecule has 0 aliphatic carbocycles. The van der Waals surface area contributed by atoms with E-state index in [2.05, 4.69) is 17.0 Å². The molecule has 0 aromatic heterocycles. The number of piperidine rings is 1. The number of halogens is 1. The molecule has 3 heteroatoms. The first-order valence-electron chi connectivity index (χ1n) is 8.88. The predicted octanol–water partition coefficient (Wildman–Crippen LogP) is 5.26. The summed E-state index contributed by atoms with van der Waals surface area (Å²) in [6.45, 7) is 1.22. The molecule has 124 valence electrons. The lowest BCUT2D eigenvalue weighted by Gasteiger charge is -2.34. The Labute approximate surface area is 148 Å². The summed E-state index contributed by atoms with van der Waals surface area (Å²) in [6, 6.07) is 16.6. The van der Waals surface area contributed by atoms with Gasteiger partial charge in [0.05, 0.1) is 0 Å². The van der Waals surface area contributed by atoms with Crippen LogP contribution in [0.1, 0.15) is 59.6 Å². The van der Waals surface area contributed by atoms with E-state index in [9.17, 15) is 4.79 Å². The third-order valence-corrected chi connectivity index (χ3v) is 5.76. The summed E-state index contributed by atoms with van der Waals surface area (Å²) in [7, 11) is 0. The smallest absolute Gasteiger partial charge is 0.193 e. The second kappa shape index (κ2) is 6.70. The van der Waals surface area contributed by atoms with Crippen molar-refractivity contribution in [3.05, 3.63) is 70.2 Å². The van der Waals surface area contributed by atoms with Crippen LogP contribution in [0.25, 0.3) is 0 Å². The van der Waals surface area contributed by atoms with E-state index in [4.69, 9.17) is 11.6 Å². The van der Waals surface area contributed by atoms with Crippen molar-refractivity contribution in [2.45, 2.75) is 44.2 Å². The van der Waals surface area contributed by atoms with Gasteiger partial charge >= 0.3 is 0 Å². The number of hydrogen-bond acceptors (Lipinski definition) is 2. The van der Waals surface area contributed by atoms with E-state index in [-0.39, 0.29) is 5.78 Å². The van der Waals surface area contributed by atoms with Crippen LogP contribution in [0.4, 0.5) is 0 Å². The van der Waals surface area contributed by atoms with E-state index in [1.807, 2.05) is 12.1 Å². The number of nitrogens with zero attached hydrogens (tertiary/aromatic N) is 1. The van der Waals surface area contributed by atoms with Crippen LogP contribution in [0.5, 0.6) is 0 Å². The summed E-state index contributed by atoms with van der Waals surface area (Å²) in [5, 5.41) is 0.652. The van der Waals surface area contributed by atoms with E-state index in [0.717, 1.165) is 11.6 Å². The zero-order valence-electron chi connectivity index (χ0n) is 13.7. The molecule has 2 aromatic carbocycles. The first-order chi connectivity index (χ1) is 11.7. The van der Waals surface area contributed by atoms with E-state index in [1.54, 1.807) is 24.3 Å². The monoisotopic (exact) mass is 339 g/mol. The quantitative estimate of drug-likeness (QED) is 0.711. The van der Waals surface area contributed by atoms with Crippen molar-refractivity contribution in [2.24, 2.45) is 0 Å². The molecule has 0 amide bonds. The Balaban J connectivity index is 1.52. The first kappa shape index (κ1) is 15.9. The SMILES string of the molecule is O=C(c1ccc(Cl)cc1)c1ccc([C@H]2CC[C@H]3CCCCN32)cc1. The molecule has 2 saturated heterocycles. The Morgan fingerprint density at radius 3 is 2.25 bits per heavy atom. The zero-order valence-corrected chi connectivity index (χ0v) is 14.5. The summed E-state index contributed by atoms with van der Waals surface area (Å²) < 4.78 is 0. The van der Waals surface area contributed by atoms with Gasteiger partial charge in [0.25, 0.3) is 0 Å². The molecule has 2 aliphatic rings. The highest BCUT2D eigenvalue weighted by atomic mass is 35.5. The molecule has 2 aromatic rings. The van der Waals surface area contributed by atoms with Gasteiger partial charge in [0, 0.05) is 28.2 Å². The summed E-state index contributed by atoms with van der Waals surface area (Å²) in [5.41, 5.74) is 2.78. The van der Waals surface area contributed by atoms with Crippen LogP contribution in [-0.4, -0.2) is 23.3 Å². The largest absolute Gasteiger partial charge is 0.293 e. The van der Waals surface area contributed by atoms with Crippen LogP contribution in [0.15, 0.2) is 48.5 Å². The second-order valence-corrected chi connectivity index (χ2v) is 7.38. The zero-order chi connectivity index (χ0) is 16.5. The minimum Gasteiger partial charge on any atom is -0.293 e. The van der Waals surface area contributed by atoms with E-state index in [0.29, 0.717) is 16.6 Å². The molecule has 0 radical (unpaired) electrons. The van der Waals surface area contributed by atoms with Crippen LogP contribution < -0.4 is 0 Å². The molecule has 2 aliphatic heterocycles. The van der Waals surface area contributed by atoms with E-state index in [1.165, 1.54) is 44.2 Å². The van der Waals surface area contributed by atoms with Gasteiger partial charge in [-0.25, -0.2) is 0 Å². The standard InChI is InChI=1S/C21H22ClNO/c22-18-10-8-17(9-11-18)21(24)16-6-4-15(5-7-16)20-13-12-19-3-1-2-14-23(19)20/h4-11,19-20H,1-3,12-14H2/t19-,20-/m1/s1. The lowest BCUT2D eigenvalue weighted by atomic mass is 9.98. The van der Waals surface area contributed by atoms with Crippen molar-refractivity contribution in [3.63, 3.8) is 0 Å². The van der Waals surface area contributed by atoms with Gasteiger partial charge < -0.3 is 0 Å². The molecule has 2 nitrogen and oxygen atoms in total. The Hall–Kier alpha value is -1.64. The van der Waals surface area contributed by atoms with Gasteiger partial charge in [-0.1, -0.05) is 42.3 Å². The Kier molecular flexibility index (Phi) is 4.43. The van der Waals surface area contributed by atoms with Crippen LogP contribution >= 0.6 is 11.6 Å². The van der Waals surface area contributed by atoms with Gasteiger partial charge in [-0.15, -0.1) is 0 Å². The fourth-order valence-corrected chi connectivity index (χ4v) is 4.37. The lowest BCUT2D eigenvalue weighted by molar-refractivity contribution is 0.103.